The first-order valence-corrected chi connectivity index (χ1v) is 17.8. The first-order valence-electron chi connectivity index (χ1n) is 17.8. The molecule has 0 N–H and O–H groups in total. The highest BCUT2D eigenvalue weighted by atomic mass is 16.3. The fourth-order valence-electron chi connectivity index (χ4n) is 8.39. The van der Waals surface area contributed by atoms with Gasteiger partial charge >= 0.3 is 0 Å². The van der Waals surface area contributed by atoms with Crippen LogP contribution in [0, 0.1) is 0 Å². The maximum atomic E-state index is 6.66. The van der Waals surface area contributed by atoms with E-state index in [1.165, 1.54) is 22.3 Å². The molecule has 1 aliphatic heterocycles. The van der Waals surface area contributed by atoms with Crippen molar-refractivity contribution < 1.29 is 4.42 Å². The minimum absolute atomic E-state index is 0.723. The van der Waals surface area contributed by atoms with E-state index >= 15 is 0 Å². The van der Waals surface area contributed by atoms with Gasteiger partial charge in [0.1, 0.15) is 11.2 Å². The van der Waals surface area contributed by atoms with Crippen LogP contribution in [0.25, 0.3) is 21.9 Å². The fraction of sp³-hybridized carbons (Fsp3) is 0.0204. The van der Waals surface area contributed by atoms with E-state index in [1.807, 2.05) is 0 Å². The molecule has 246 valence electrons. The van der Waals surface area contributed by atoms with Gasteiger partial charge in [-0.05, 0) is 89.5 Å². The predicted octanol–water partition coefficient (Wildman–Crippen LogP) is 13.2. The Bertz CT molecular complexity index is 2590. The third-order valence-corrected chi connectivity index (χ3v) is 10.5. The lowest BCUT2D eigenvalue weighted by Crippen LogP contribution is -2.38. The molecule has 10 rings (SSSR count). The summed E-state index contributed by atoms with van der Waals surface area (Å²) in [5, 5.41) is 2.23. The van der Waals surface area contributed by atoms with Gasteiger partial charge in [0, 0.05) is 39.1 Å². The quantitative estimate of drug-likeness (QED) is 0.176. The van der Waals surface area contributed by atoms with Gasteiger partial charge in [-0.1, -0.05) is 133 Å². The van der Waals surface area contributed by atoms with E-state index in [0.29, 0.717) is 0 Å². The van der Waals surface area contributed by atoms with Crippen molar-refractivity contribution in [3.8, 4) is 0 Å². The maximum absolute atomic E-state index is 6.66. The summed E-state index contributed by atoms with van der Waals surface area (Å²) in [5.74, 6) is 0. The third-order valence-electron chi connectivity index (χ3n) is 10.5. The van der Waals surface area contributed by atoms with Crippen LogP contribution in [0.15, 0.2) is 211 Å². The van der Waals surface area contributed by atoms with Gasteiger partial charge in [0.05, 0.1) is 16.8 Å². The number of fused-ring (bicyclic) bond motifs is 6. The number of rotatable bonds is 6. The van der Waals surface area contributed by atoms with E-state index in [9.17, 15) is 0 Å². The molecule has 0 unspecified atom stereocenters. The predicted molar refractivity (Wildman–Crippen MR) is 215 cm³/mol. The van der Waals surface area contributed by atoms with Crippen molar-refractivity contribution in [3.63, 3.8) is 0 Å². The van der Waals surface area contributed by atoms with Crippen LogP contribution in [0.5, 0.6) is 0 Å². The van der Waals surface area contributed by atoms with Gasteiger partial charge in [0.15, 0.2) is 0 Å². The van der Waals surface area contributed by atoms with Crippen LogP contribution in [-0.2, 0) is 5.41 Å². The molecule has 2 heterocycles. The summed E-state index contributed by atoms with van der Waals surface area (Å²) < 4.78 is 6.66. The normalized spacial score (nSPS) is 13.1. The molecule has 9 aromatic rings. The van der Waals surface area contributed by atoms with Crippen LogP contribution in [0.2, 0.25) is 0 Å². The SMILES string of the molecule is c1ccc(N(c2ccccc2)c2ccc3c(c2)C(c2ccccc2)(c2ccccc2)c2c(ccc4oc5ccccc5c24)N3c2ccccc2)cc1. The van der Waals surface area contributed by atoms with Gasteiger partial charge in [-0.2, -0.15) is 0 Å². The molecular weight excluding hydrogens is 633 g/mol. The van der Waals surface area contributed by atoms with E-state index in [2.05, 4.69) is 216 Å². The summed E-state index contributed by atoms with van der Waals surface area (Å²) in [7, 11) is 0. The topological polar surface area (TPSA) is 19.6 Å². The van der Waals surface area contributed by atoms with Gasteiger partial charge < -0.3 is 14.2 Å². The lowest BCUT2D eigenvalue weighted by atomic mass is 9.61. The Hall–Kier alpha value is -6.84. The van der Waals surface area contributed by atoms with Crippen LogP contribution >= 0.6 is 0 Å². The third kappa shape index (κ3) is 4.53. The van der Waals surface area contributed by atoms with E-state index in [0.717, 1.165) is 56.1 Å². The van der Waals surface area contributed by atoms with Crippen LogP contribution < -0.4 is 9.80 Å². The van der Waals surface area contributed by atoms with Crippen LogP contribution in [0.3, 0.4) is 0 Å². The second kappa shape index (κ2) is 12.2. The van der Waals surface area contributed by atoms with Gasteiger partial charge in [-0.3, -0.25) is 0 Å². The van der Waals surface area contributed by atoms with Crippen LogP contribution in [0.1, 0.15) is 22.3 Å². The number of para-hydroxylation sites is 4. The lowest BCUT2D eigenvalue weighted by molar-refractivity contribution is 0.667. The lowest BCUT2D eigenvalue weighted by Gasteiger charge is -2.47. The largest absolute Gasteiger partial charge is 0.456 e. The van der Waals surface area contributed by atoms with Crippen LogP contribution in [0.4, 0.5) is 34.1 Å². The van der Waals surface area contributed by atoms with Gasteiger partial charge in [0.2, 0.25) is 0 Å². The molecule has 0 bridgehead atoms. The minimum Gasteiger partial charge on any atom is -0.456 e. The number of nitrogens with zero attached hydrogens (tertiary/aromatic N) is 2. The number of hydrogen-bond donors (Lipinski definition) is 0. The van der Waals surface area contributed by atoms with Crippen molar-refractivity contribution in [2.75, 3.05) is 9.80 Å². The number of anilines is 6. The molecule has 1 aliphatic rings. The highest BCUT2D eigenvalue weighted by molar-refractivity contribution is 6.12. The molecule has 0 fully saturated rings. The molecule has 52 heavy (non-hydrogen) atoms. The average Bonchev–Trinajstić information content (AvgIpc) is 3.61. The second-order valence-electron chi connectivity index (χ2n) is 13.3. The van der Waals surface area contributed by atoms with E-state index in [4.69, 9.17) is 4.42 Å². The minimum atomic E-state index is -0.723. The molecule has 0 radical (unpaired) electrons. The van der Waals surface area contributed by atoms with Crippen molar-refractivity contribution in [2.45, 2.75) is 5.41 Å². The molecular formula is C49H34N2O. The summed E-state index contributed by atoms with van der Waals surface area (Å²) in [6, 6.07) is 74.0. The summed E-state index contributed by atoms with van der Waals surface area (Å²) in [4.78, 5) is 4.80. The van der Waals surface area contributed by atoms with Crippen molar-refractivity contribution in [1.82, 2.24) is 0 Å². The molecule has 0 amide bonds. The van der Waals surface area contributed by atoms with E-state index < -0.39 is 5.41 Å². The number of furan rings is 1. The Morgan fingerprint density at radius 3 is 1.56 bits per heavy atom. The molecule has 0 aliphatic carbocycles. The smallest absolute Gasteiger partial charge is 0.135 e. The first kappa shape index (κ1) is 30.0. The number of hydrogen-bond acceptors (Lipinski definition) is 3. The maximum Gasteiger partial charge on any atom is 0.135 e. The Labute approximate surface area is 303 Å². The monoisotopic (exact) mass is 666 g/mol. The Balaban J connectivity index is 1.40. The van der Waals surface area contributed by atoms with Gasteiger partial charge in [0.25, 0.3) is 0 Å². The standard InChI is InChI=1S/C49H34N2O/c1-6-18-35(19-7-1)49(36-20-8-2-9-21-36)42-34-40(50(37-22-10-3-11-23-37)38-24-12-4-13-25-38)30-31-43(42)51(39-26-14-5-15-27-39)44-32-33-46-47(48(44)49)41-28-16-17-29-45(41)52-46/h1-34H. The zero-order chi connectivity index (χ0) is 34.5. The molecule has 8 aromatic carbocycles. The van der Waals surface area contributed by atoms with E-state index in [-0.39, 0.29) is 0 Å². The molecule has 3 nitrogen and oxygen atoms in total. The molecule has 0 saturated carbocycles. The first-order chi connectivity index (χ1) is 25.8. The highest BCUT2D eigenvalue weighted by Crippen LogP contribution is 2.61. The molecule has 0 spiro atoms. The molecule has 0 saturated heterocycles. The Morgan fingerprint density at radius 2 is 0.942 bits per heavy atom. The zero-order valence-electron chi connectivity index (χ0n) is 28.4. The zero-order valence-corrected chi connectivity index (χ0v) is 28.4. The van der Waals surface area contributed by atoms with Crippen molar-refractivity contribution in [2.24, 2.45) is 0 Å². The summed E-state index contributed by atoms with van der Waals surface area (Å²) in [5.41, 5.74) is 12.4. The van der Waals surface area contributed by atoms with Crippen molar-refractivity contribution >= 4 is 56.1 Å². The molecule has 3 heteroatoms. The summed E-state index contributed by atoms with van der Waals surface area (Å²) >= 11 is 0. The van der Waals surface area contributed by atoms with E-state index in [1.54, 1.807) is 0 Å². The van der Waals surface area contributed by atoms with Crippen molar-refractivity contribution in [1.29, 1.82) is 0 Å². The second-order valence-corrected chi connectivity index (χ2v) is 13.3. The summed E-state index contributed by atoms with van der Waals surface area (Å²) in [6.07, 6.45) is 0. The summed E-state index contributed by atoms with van der Waals surface area (Å²) in [6.45, 7) is 0. The Morgan fingerprint density at radius 1 is 0.423 bits per heavy atom. The van der Waals surface area contributed by atoms with Gasteiger partial charge in [-0.25, -0.2) is 0 Å². The molecule has 0 atom stereocenters. The molecule has 1 aromatic heterocycles. The number of benzene rings is 8. The Kier molecular flexibility index (Phi) is 7.04. The van der Waals surface area contributed by atoms with Gasteiger partial charge in [-0.15, -0.1) is 0 Å². The highest BCUT2D eigenvalue weighted by Gasteiger charge is 2.48. The van der Waals surface area contributed by atoms with Crippen molar-refractivity contribution in [3.05, 3.63) is 229 Å². The average molecular weight is 667 g/mol. The fourth-order valence-corrected chi connectivity index (χ4v) is 8.39. The van der Waals surface area contributed by atoms with Crippen LogP contribution in [-0.4, -0.2) is 0 Å².